The van der Waals surface area contributed by atoms with Gasteiger partial charge in [0.15, 0.2) is 5.88 Å². The fraction of sp³-hybridized carbons (Fsp3) is 0.500. The molecule has 0 fully saturated rings. The van der Waals surface area contributed by atoms with E-state index in [4.69, 9.17) is 0 Å². The summed E-state index contributed by atoms with van der Waals surface area (Å²) in [7, 11) is 0. The van der Waals surface area contributed by atoms with Gasteiger partial charge in [0.25, 0.3) is 0 Å². The number of nitrogens with one attached hydrogen (secondary N) is 1. The lowest BCUT2D eigenvalue weighted by Crippen LogP contribution is -2.31. The van der Waals surface area contributed by atoms with Gasteiger partial charge in [-0.3, -0.25) is 0 Å². The molecule has 1 aromatic heterocycles. The summed E-state index contributed by atoms with van der Waals surface area (Å²) in [6.45, 7) is 6.73. The Bertz CT molecular complexity index is 731. The maximum atomic E-state index is 13.5. The third kappa shape index (κ3) is 2.17. The summed E-state index contributed by atoms with van der Waals surface area (Å²) in [5.41, 5.74) is 0.609. The number of aromatic nitrogens is 1. The van der Waals surface area contributed by atoms with Crippen molar-refractivity contribution in [3.8, 4) is 5.88 Å². The van der Waals surface area contributed by atoms with Gasteiger partial charge in [0.1, 0.15) is 0 Å². The van der Waals surface area contributed by atoms with Crippen molar-refractivity contribution in [2.75, 3.05) is 6.54 Å². The lowest BCUT2D eigenvalue weighted by Gasteiger charge is -2.24. The van der Waals surface area contributed by atoms with Crippen molar-refractivity contribution in [2.45, 2.75) is 45.5 Å². The van der Waals surface area contributed by atoms with Gasteiger partial charge in [-0.05, 0) is 30.5 Å². The first kappa shape index (κ1) is 15.2. The van der Waals surface area contributed by atoms with Crippen LogP contribution in [-0.2, 0) is 12.7 Å². The second kappa shape index (κ2) is 4.91. The van der Waals surface area contributed by atoms with E-state index >= 15 is 0 Å². The van der Waals surface area contributed by atoms with E-state index in [9.17, 15) is 18.3 Å². The van der Waals surface area contributed by atoms with Gasteiger partial charge in [-0.15, -0.1) is 0 Å². The van der Waals surface area contributed by atoms with Gasteiger partial charge in [0.05, 0.1) is 10.9 Å². The standard InChI is InChI=1S/C16H19F3N2O/c1-8(2)10-6-11-13(12(7-10)16(17,18)19)15(22)21-5-4-20-9(3)14(11)21/h6-9,20,22H,4-5H2,1-3H3/t9-/m0/s1. The molecule has 6 heteroatoms. The van der Waals surface area contributed by atoms with Crippen molar-refractivity contribution >= 4 is 10.8 Å². The van der Waals surface area contributed by atoms with Crippen LogP contribution in [0.15, 0.2) is 12.1 Å². The maximum Gasteiger partial charge on any atom is 0.417 e. The van der Waals surface area contributed by atoms with Crippen LogP contribution in [0.1, 0.15) is 49.6 Å². The number of nitrogens with zero attached hydrogens (tertiary/aromatic N) is 1. The zero-order chi connectivity index (χ0) is 16.2. The average Bonchev–Trinajstić information content (AvgIpc) is 2.71. The van der Waals surface area contributed by atoms with Crippen LogP contribution in [0.25, 0.3) is 10.8 Å². The van der Waals surface area contributed by atoms with E-state index < -0.39 is 11.7 Å². The molecule has 0 amide bonds. The molecule has 1 aliphatic rings. The SMILES string of the molecule is CC(C)c1cc(C(F)(F)F)c2c(O)n3c(c2c1)[C@H](C)NCC3. The predicted octanol–water partition coefficient (Wildman–Crippen LogP) is 4.15. The molecule has 1 atom stereocenters. The summed E-state index contributed by atoms with van der Waals surface area (Å²) in [4.78, 5) is 0. The Kier molecular flexibility index (Phi) is 3.40. The van der Waals surface area contributed by atoms with Crippen molar-refractivity contribution in [3.05, 3.63) is 29.0 Å². The summed E-state index contributed by atoms with van der Waals surface area (Å²) < 4.78 is 42.0. The van der Waals surface area contributed by atoms with E-state index in [1.165, 1.54) is 0 Å². The molecule has 0 saturated carbocycles. The van der Waals surface area contributed by atoms with Crippen LogP contribution in [0.4, 0.5) is 13.2 Å². The molecule has 22 heavy (non-hydrogen) atoms. The molecule has 0 bridgehead atoms. The molecule has 120 valence electrons. The third-order valence-corrected chi connectivity index (χ3v) is 4.37. The van der Waals surface area contributed by atoms with Gasteiger partial charge in [-0.25, -0.2) is 0 Å². The highest BCUT2D eigenvalue weighted by atomic mass is 19.4. The topological polar surface area (TPSA) is 37.2 Å². The molecule has 0 aliphatic carbocycles. The van der Waals surface area contributed by atoms with Crippen LogP contribution in [0.2, 0.25) is 0 Å². The van der Waals surface area contributed by atoms with Gasteiger partial charge in [0, 0.05) is 30.2 Å². The number of rotatable bonds is 1. The van der Waals surface area contributed by atoms with E-state index in [1.807, 2.05) is 20.8 Å². The summed E-state index contributed by atoms with van der Waals surface area (Å²) in [5, 5.41) is 14.0. The number of benzene rings is 1. The van der Waals surface area contributed by atoms with Crippen LogP contribution in [0.3, 0.4) is 0 Å². The van der Waals surface area contributed by atoms with Gasteiger partial charge >= 0.3 is 6.18 Å². The molecule has 0 radical (unpaired) electrons. The van der Waals surface area contributed by atoms with Gasteiger partial charge in [0.2, 0.25) is 0 Å². The molecule has 0 spiro atoms. The largest absolute Gasteiger partial charge is 0.494 e. The Balaban J connectivity index is 2.44. The fourth-order valence-corrected chi connectivity index (χ4v) is 3.24. The van der Waals surface area contributed by atoms with Crippen LogP contribution < -0.4 is 5.32 Å². The zero-order valence-electron chi connectivity index (χ0n) is 12.8. The molecular weight excluding hydrogens is 293 g/mol. The van der Waals surface area contributed by atoms with Crippen molar-refractivity contribution in [1.29, 1.82) is 0 Å². The van der Waals surface area contributed by atoms with Crippen LogP contribution >= 0.6 is 0 Å². The van der Waals surface area contributed by atoms with Gasteiger partial charge < -0.3 is 15.0 Å². The quantitative estimate of drug-likeness (QED) is 0.830. The van der Waals surface area contributed by atoms with Crippen molar-refractivity contribution in [3.63, 3.8) is 0 Å². The van der Waals surface area contributed by atoms with Crippen LogP contribution in [-0.4, -0.2) is 16.2 Å². The number of hydrogen-bond donors (Lipinski definition) is 2. The Morgan fingerprint density at radius 3 is 2.59 bits per heavy atom. The van der Waals surface area contributed by atoms with Gasteiger partial charge in [-0.2, -0.15) is 13.2 Å². The van der Waals surface area contributed by atoms with Crippen molar-refractivity contribution in [1.82, 2.24) is 9.88 Å². The molecule has 2 heterocycles. The normalized spacial score (nSPS) is 19.0. The number of hydrogen-bond acceptors (Lipinski definition) is 2. The summed E-state index contributed by atoms with van der Waals surface area (Å²) in [6.07, 6.45) is -4.49. The smallest absolute Gasteiger partial charge is 0.417 e. The second-order valence-electron chi connectivity index (χ2n) is 6.18. The molecule has 0 unspecified atom stereocenters. The molecule has 3 rings (SSSR count). The first-order valence-corrected chi connectivity index (χ1v) is 7.41. The monoisotopic (exact) mass is 312 g/mol. The molecule has 2 N–H and O–H groups in total. The molecule has 1 aliphatic heterocycles. The highest BCUT2D eigenvalue weighted by Gasteiger charge is 2.37. The zero-order valence-corrected chi connectivity index (χ0v) is 12.8. The highest BCUT2D eigenvalue weighted by Crippen LogP contribution is 2.45. The van der Waals surface area contributed by atoms with E-state index in [0.717, 1.165) is 11.8 Å². The average molecular weight is 312 g/mol. The predicted molar refractivity (Wildman–Crippen MR) is 79.1 cm³/mol. The number of fused-ring (bicyclic) bond motifs is 3. The summed E-state index contributed by atoms with van der Waals surface area (Å²) >= 11 is 0. The minimum atomic E-state index is -4.49. The van der Waals surface area contributed by atoms with E-state index in [0.29, 0.717) is 24.0 Å². The first-order valence-electron chi connectivity index (χ1n) is 7.41. The molecular formula is C16H19F3N2O. The molecule has 3 nitrogen and oxygen atoms in total. The summed E-state index contributed by atoms with van der Waals surface area (Å²) in [6, 6.07) is 2.85. The minimum absolute atomic E-state index is 0.0185. The third-order valence-electron chi connectivity index (χ3n) is 4.37. The lowest BCUT2D eigenvalue weighted by molar-refractivity contribution is -0.136. The van der Waals surface area contributed by atoms with Crippen molar-refractivity contribution in [2.24, 2.45) is 0 Å². The second-order valence-corrected chi connectivity index (χ2v) is 6.18. The fourth-order valence-electron chi connectivity index (χ4n) is 3.24. The van der Waals surface area contributed by atoms with Crippen LogP contribution in [0.5, 0.6) is 5.88 Å². The van der Waals surface area contributed by atoms with Crippen molar-refractivity contribution < 1.29 is 18.3 Å². The Morgan fingerprint density at radius 1 is 1.32 bits per heavy atom. The first-order chi connectivity index (χ1) is 10.2. The summed E-state index contributed by atoms with van der Waals surface area (Å²) in [5.74, 6) is -0.295. The van der Waals surface area contributed by atoms with E-state index in [2.05, 4.69) is 5.32 Å². The molecule has 2 aromatic rings. The lowest BCUT2D eigenvalue weighted by atomic mass is 9.95. The Hall–Kier alpha value is -1.69. The van der Waals surface area contributed by atoms with Crippen LogP contribution in [0, 0.1) is 0 Å². The number of aromatic hydroxyl groups is 1. The Morgan fingerprint density at radius 2 is 2.00 bits per heavy atom. The minimum Gasteiger partial charge on any atom is -0.494 e. The van der Waals surface area contributed by atoms with Gasteiger partial charge in [-0.1, -0.05) is 13.8 Å². The maximum absolute atomic E-state index is 13.5. The van der Waals surface area contributed by atoms with E-state index in [1.54, 1.807) is 10.6 Å². The molecule has 0 saturated heterocycles. The number of alkyl halides is 3. The highest BCUT2D eigenvalue weighted by molar-refractivity contribution is 5.95. The van der Waals surface area contributed by atoms with E-state index in [-0.39, 0.29) is 23.2 Å². The number of halogens is 3. The Labute approximate surface area is 126 Å². The molecule has 1 aromatic carbocycles.